The predicted molar refractivity (Wildman–Crippen MR) is 233 cm³/mol. The summed E-state index contributed by atoms with van der Waals surface area (Å²) >= 11 is 0. The second-order valence-corrected chi connectivity index (χ2v) is 14.3. The summed E-state index contributed by atoms with van der Waals surface area (Å²) < 4.78 is 2.20. The summed E-state index contributed by atoms with van der Waals surface area (Å²) in [7, 11) is 0. The Morgan fingerprint density at radius 1 is 0.263 bits per heavy atom. The fourth-order valence-corrected chi connectivity index (χ4v) is 8.06. The maximum absolute atomic E-state index is 5.42. The van der Waals surface area contributed by atoms with Gasteiger partial charge in [0.25, 0.3) is 0 Å². The third-order valence-corrected chi connectivity index (χ3v) is 10.8. The van der Waals surface area contributed by atoms with E-state index in [-0.39, 0.29) is 0 Å². The Morgan fingerprint density at radius 2 is 0.632 bits per heavy atom. The van der Waals surface area contributed by atoms with Crippen molar-refractivity contribution < 1.29 is 0 Å². The normalized spacial score (nSPS) is 11.5. The third kappa shape index (κ3) is 5.81. The minimum absolute atomic E-state index is 0.556. The van der Waals surface area contributed by atoms with Gasteiger partial charge in [0, 0.05) is 21.9 Å². The molecule has 11 rings (SSSR count). The Balaban J connectivity index is 1.21. The van der Waals surface area contributed by atoms with Crippen LogP contribution in [-0.4, -0.2) is 24.5 Å². The molecule has 0 bridgehead atoms. The van der Waals surface area contributed by atoms with E-state index in [0.29, 0.717) is 17.3 Å². The minimum Gasteiger partial charge on any atom is -0.278 e. The number of pyridine rings is 2. The number of nitrogens with zero attached hydrogens (tertiary/aromatic N) is 5. The fraction of sp³-hybridized carbons (Fsp3) is 0. The first-order chi connectivity index (χ1) is 28.2. The van der Waals surface area contributed by atoms with Crippen LogP contribution in [0.2, 0.25) is 0 Å². The summed E-state index contributed by atoms with van der Waals surface area (Å²) in [5.41, 5.74) is 13.1. The van der Waals surface area contributed by atoms with Gasteiger partial charge in [0.2, 0.25) is 5.95 Å². The molecule has 0 aliphatic rings. The molecule has 0 N–H and O–H groups in total. The third-order valence-electron chi connectivity index (χ3n) is 10.8. The van der Waals surface area contributed by atoms with Crippen LogP contribution in [0.25, 0.3) is 106 Å². The van der Waals surface area contributed by atoms with Gasteiger partial charge in [-0.05, 0) is 75.5 Å². The van der Waals surface area contributed by atoms with Crippen LogP contribution in [0.3, 0.4) is 0 Å². The Bertz CT molecular complexity index is 2880. The Kier molecular flexibility index (Phi) is 7.74. The topological polar surface area (TPSA) is 56.5 Å². The molecule has 266 valence electrons. The van der Waals surface area contributed by atoms with Crippen LogP contribution < -0.4 is 0 Å². The molecule has 0 fully saturated rings. The molecule has 7 aromatic carbocycles. The van der Waals surface area contributed by atoms with Crippen LogP contribution in [0.5, 0.6) is 0 Å². The van der Waals surface area contributed by atoms with Crippen molar-refractivity contribution in [3.05, 3.63) is 200 Å². The lowest BCUT2D eigenvalue weighted by molar-refractivity contribution is 0.989. The van der Waals surface area contributed by atoms with E-state index in [4.69, 9.17) is 19.9 Å². The smallest absolute Gasteiger partial charge is 0.235 e. The van der Waals surface area contributed by atoms with Crippen molar-refractivity contribution in [2.24, 2.45) is 0 Å². The molecule has 5 heteroatoms. The predicted octanol–water partition coefficient (Wildman–Crippen LogP) is 13.0. The molecular formula is C52H33N5. The van der Waals surface area contributed by atoms with Crippen LogP contribution in [0.1, 0.15) is 0 Å². The molecule has 0 unspecified atom stereocenters. The van der Waals surface area contributed by atoms with Gasteiger partial charge in [-0.2, -0.15) is 0 Å². The fourth-order valence-electron chi connectivity index (χ4n) is 8.06. The summed E-state index contributed by atoms with van der Waals surface area (Å²) in [6.07, 6.45) is 0. The van der Waals surface area contributed by atoms with E-state index in [0.717, 1.165) is 67.2 Å². The van der Waals surface area contributed by atoms with Gasteiger partial charge in [-0.1, -0.05) is 158 Å². The molecule has 4 aromatic heterocycles. The standard InChI is InChI=1S/C52H33N5/c1-5-15-34(16-6-1)40-29-42(36-19-9-3-10-20-36)53-44(31-40)46-33-47(45-32-41(35-17-7-2-8-18-35)30-43(54-45)37-21-11-4-12-22-37)56-52(55-46)57-48-25-13-23-38-27-28-39-24-14-26-49(57)51(39)50(38)48/h1-33H. The highest BCUT2D eigenvalue weighted by atomic mass is 15.2. The highest BCUT2D eigenvalue weighted by molar-refractivity contribution is 6.24. The summed E-state index contributed by atoms with van der Waals surface area (Å²) in [5.74, 6) is 0.556. The molecule has 0 spiro atoms. The van der Waals surface area contributed by atoms with E-state index >= 15 is 0 Å². The van der Waals surface area contributed by atoms with Crippen LogP contribution in [0.15, 0.2) is 200 Å². The van der Waals surface area contributed by atoms with Crippen LogP contribution in [0, 0.1) is 0 Å². The van der Waals surface area contributed by atoms with E-state index in [1.54, 1.807) is 0 Å². The number of hydrogen-bond acceptors (Lipinski definition) is 4. The van der Waals surface area contributed by atoms with E-state index in [1.165, 1.54) is 21.5 Å². The average molecular weight is 728 g/mol. The molecule has 57 heavy (non-hydrogen) atoms. The summed E-state index contributed by atoms with van der Waals surface area (Å²) in [6, 6.07) is 69.5. The molecule has 0 aliphatic carbocycles. The van der Waals surface area contributed by atoms with Crippen molar-refractivity contribution in [2.75, 3.05) is 0 Å². The van der Waals surface area contributed by atoms with Gasteiger partial charge in [-0.25, -0.2) is 19.9 Å². The highest BCUT2D eigenvalue weighted by Gasteiger charge is 2.21. The molecule has 5 nitrogen and oxygen atoms in total. The SMILES string of the molecule is c1ccc(-c2cc(-c3ccccc3)nc(-c3cc(-c4cc(-c5ccccc5)cc(-c5ccccc5)n4)nc(-n4c5cccc6ccc7cccc4c7c65)n3)c2)cc1. The zero-order valence-corrected chi connectivity index (χ0v) is 30.8. The number of hydrogen-bond donors (Lipinski definition) is 0. The van der Waals surface area contributed by atoms with Crippen molar-refractivity contribution in [2.45, 2.75) is 0 Å². The molecule has 4 heterocycles. The second-order valence-electron chi connectivity index (χ2n) is 14.3. The molecule has 0 radical (unpaired) electrons. The first-order valence-corrected chi connectivity index (χ1v) is 19.1. The van der Waals surface area contributed by atoms with Crippen LogP contribution in [0.4, 0.5) is 0 Å². The summed E-state index contributed by atoms with van der Waals surface area (Å²) in [4.78, 5) is 21.5. The molecule has 0 saturated carbocycles. The number of aromatic nitrogens is 5. The first kappa shape index (κ1) is 32.7. The van der Waals surface area contributed by atoms with E-state index in [1.807, 2.05) is 30.3 Å². The summed E-state index contributed by atoms with van der Waals surface area (Å²) in [6.45, 7) is 0. The highest BCUT2D eigenvalue weighted by Crippen LogP contribution is 2.40. The molecule has 0 atom stereocenters. The zero-order chi connectivity index (χ0) is 37.7. The van der Waals surface area contributed by atoms with Gasteiger partial charge in [-0.3, -0.25) is 4.57 Å². The first-order valence-electron chi connectivity index (χ1n) is 19.1. The summed E-state index contributed by atoms with van der Waals surface area (Å²) in [5, 5.41) is 4.76. The lowest BCUT2D eigenvalue weighted by Crippen LogP contribution is -2.05. The van der Waals surface area contributed by atoms with Crippen molar-refractivity contribution in [3.8, 4) is 73.5 Å². The largest absolute Gasteiger partial charge is 0.278 e. The van der Waals surface area contributed by atoms with Gasteiger partial charge in [0.1, 0.15) is 0 Å². The molecule has 0 aliphatic heterocycles. The Hall–Kier alpha value is -7.76. The lowest BCUT2D eigenvalue weighted by Gasteiger charge is -2.14. The Morgan fingerprint density at radius 3 is 1.05 bits per heavy atom. The zero-order valence-electron chi connectivity index (χ0n) is 30.8. The van der Waals surface area contributed by atoms with E-state index in [9.17, 15) is 0 Å². The van der Waals surface area contributed by atoms with Crippen molar-refractivity contribution in [3.63, 3.8) is 0 Å². The maximum atomic E-state index is 5.42. The quantitative estimate of drug-likeness (QED) is 0.153. The number of rotatable bonds is 7. The van der Waals surface area contributed by atoms with Crippen molar-refractivity contribution in [1.82, 2.24) is 24.5 Å². The van der Waals surface area contributed by atoms with E-state index < -0.39 is 0 Å². The maximum Gasteiger partial charge on any atom is 0.235 e. The molecule has 11 aromatic rings. The van der Waals surface area contributed by atoms with Crippen molar-refractivity contribution >= 4 is 32.6 Å². The molecular weight excluding hydrogens is 695 g/mol. The van der Waals surface area contributed by atoms with E-state index in [2.05, 4.69) is 174 Å². The Labute approximate surface area is 329 Å². The van der Waals surface area contributed by atoms with Gasteiger partial charge in [0.05, 0.1) is 45.2 Å². The van der Waals surface area contributed by atoms with Gasteiger partial charge >= 0.3 is 0 Å². The second kappa shape index (κ2) is 13.5. The van der Waals surface area contributed by atoms with Gasteiger partial charge in [-0.15, -0.1) is 0 Å². The van der Waals surface area contributed by atoms with Gasteiger partial charge < -0.3 is 0 Å². The van der Waals surface area contributed by atoms with Crippen molar-refractivity contribution in [1.29, 1.82) is 0 Å². The molecule has 0 amide bonds. The van der Waals surface area contributed by atoms with Gasteiger partial charge in [0.15, 0.2) is 0 Å². The molecule has 0 saturated heterocycles. The lowest BCUT2D eigenvalue weighted by atomic mass is 10.0. The number of benzene rings is 7. The van der Waals surface area contributed by atoms with Crippen LogP contribution in [-0.2, 0) is 0 Å². The monoisotopic (exact) mass is 727 g/mol. The average Bonchev–Trinajstić information content (AvgIpc) is 3.65. The minimum atomic E-state index is 0.556. The van der Waals surface area contributed by atoms with Crippen LogP contribution >= 0.6 is 0 Å².